The molecule has 0 radical (unpaired) electrons. The molecule has 1 saturated heterocycles. The van der Waals surface area contributed by atoms with Crippen molar-refractivity contribution in [3.05, 3.63) is 131 Å². The summed E-state index contributed by atoms with van der Waals surface area (Å²) in [4.78, 5) is 62.5. The molecule has 1 fully saturated rings. The summed E-state index contributed by atoms with van der Waals surface area (Å²) >= 11 is 0. The molecule has 4 atom stereocenters. The molecule has 3 heterocycles. The van der Waals surface area contributed by atoms with Gasteiger partial charge in [0.1, 0.15) is 12.7 Å². The molecule has 0 spiro atoms. The summed E-state index contributed by atoms with van der Waals surface area (Å²) in [6.45, 7) is -0.350. The Labute approximate surface area is 243 Å². The fourth-order valence-electron chi connectivity index (χ4n) is 4.73. The van der Waals surface area contributed by atoms with E-state index in [1.54, 1.807) is 91.0 Å². The normalized spacial score (nSPS) is 19.5. The molecule has 12 heteroatoms. The first kappa shape index (κ1) is 27.5. The monoisotopic (exact) mass is 580 g/mol. The summed E-state index contributed by atoms with van der Waals surface area (Å²) in [6.07, 6.45) is -2.24. The van der Waals surface area contributed by atoms with Crippen molar-refractivity contribution in [3.63, 3.8) is 0 Å². The van der Waals surface area contributed by atoms with Crippen molar-refractivity contribution >= 4 is 29.1 Å². The van der Waals surface area contributed by atoms with E-state index in [1.165, 1.54) is 17.2 Å². The Hall–Kier alpha value is -5.62. The number of H-pyrrole nitrogens is 1. The molecule has 5 aromatic rings. The number of carbonyl (C=O) groups excluding carboxylic acids is 3. The van der Waals surface area contributed by atoms with Gasteiger partial charge in [0.15, 0.2) is 29.6 Å². The summed E-state index contributed by atoms with van der Waals surface area (Å²) in [5, 5.41) is 0. The molecular weight excluding hydrogens is 556 g/mol. The van der Waals surface area contributed by atoms with Gasteiger partial charge >= 0.3 is 17.9 Å². The lowest BCUT2D eigenvalue weighted by atomic mass is 10.1. The van der Waals surface area contributed by atoms with Gasteiger partial charge in [-0.15, -0.1) is 0 Å². The van der Waals surface area contributed by atoms with E-state index in [0.717, 1.165) is 0 Å². The maximum Gasteiger partial charge on any atom is 0.338 e. The number of esters is 3. The van der Waals surface area contributed by atoms with Crippen LogP contribution < -0.4 is 5.56 Å². The Kier molecular flexibility index (Phi) is 7.74. The van der Waals surface area contributed by atoms with Crippen LogP contribution in [0.5, 0.6) is 0 Å². The molecule has 6 rings (SSSR count). The second-order valence-corrected chi connectivity index (χ2v) is 9.56. The van der Waals surface area contributed by atoms with Gasteiger partial charge in [-0.1, -0.05) is 54.6 Å². The lowest BCUT2D eigenvalue weighted by Crippen LogP contribution is -2.41. The number of aromatic amines is 1. The lowest BCUT2D eigenvalue weighted by molar-refractivity contribution is -0.0606. The molecule has 0 bridgehead atoms. The predicted octanol–water partition coefficient (Wildman–Crippen LogP) is 3.33. The molecule has 12 nitrogen and oxygen atoms in total. The van der Waals surface area contributed by atoms with Gasteiger partial charge in [-0.05, 0) is 36.4 Å². The molecule has 1 aliphatic heterocycles. The number of benzene rings is 3. The second kappa shape index (κ2) is 12.1. The standard InChI is InChI=1S/C31H24N4O8/c36-27-23-26(32-17-33-27)35(18-34-23)28-25(43-31(39)21-14-8-3-9-15-21)24(42-30(38)20-12-6-2-7-13-20)22(41-28)16-40-29(37)19-10-4-1-5-11-19/h1-15,17-18,22,24-25,28H,16H2,(H,32,33,36)/t22-,24+,25-,28+/m0/s1. The molecule has 43 heavy (non-hydrogen) atoms. The molecule has 2 aromatic heterocycles. The maximum absolute atomic E-state index is 13.3. The van der Waals surface area contributed by atoms with Crippen LogP contribution in [0.2, 0.25) is 0 Å². The van der Waals surface area contributed by atoms with Crippen LogP contribution in [0.25, 0.3) is 11.2 Å². The van der Waals surface area contributed by atoms with E-state index in [-0.39, 0.29) is 28.9 Å². The fourth-order valence-corrected chi connectivity index (χ4v) is 4.73. The Morgan fingerprint density at radius 1 is 0.744 bits per heavy atom. The van der Waals surface area contributed by atoms with Gasteiger partial charge in [0.2, 0.25) is 0 Å². The average Bonchev–Trinajstić information content (AvgIpc) is 3.63. The number of hydrogen-bond donors (Lipinski definition) is 1. The van der Waals surface area contributed by atoms with E-state index < -0.39 is 48.0 Å². The number of aromatic nitrogens is 4. The minimum Gasteiger partial charge on any atom is -0.459 e. The number of imidazole rings is 1. The fraction of sp³-hybridized carbons (Fsp3) is 0.161. The van der Waals surface area contributed by atoms with Crippen LogP contribution >= 0.6 is 0 Å². The first-order chi connectivity index (χ1) is 21.0. The number of nitrogens with zero attached hydrogens (tertiary/aromatic N) is 3. The summed E-state index contributed by atoms with van der Waals surface area (Å²) in [7, 11) is 0. The highest BCUT2D eigenvalue weighted by Gasteiger charge is 2.51. The smallest absolute Gasteiger partial charge is 0.338 e. The molecule has 0 aliphatic carbocycles. The molecule has 1 aliphatic rings. The maximum atomic E-state index is 13.3. The number of carbonyl (C=O) groups is 3. The van der Waals surface area contributed by atoms with E-state index in [4.69, 9.17) is 18.9 Å². The minimum atomic E-state index is -1.26. The third-order valence-corrected chi connectivity index (χ3v) is 6.82. The Morgan fingerprint density at radius 2 is 1.28 bits per heavy atom. The number of fused-ring (bicyclic) bond motifs is 1. The molecule has 1 N–H and O–H groups in total. The van der Waals surface area contributed by atoms with Gasteiger partial charge in [-0.3, -0.25) is 9.36 Å². The van der Waals surface area contributed by atoms with Crippen LogP contribution in [0.1, 0.15) is 37.3 Å². The van der Waals surface area contributed by atoms with Crippen molar-refractivity contribution in [2.24, 2.45) is 0 Å². The zero-order chi connectivity index (χ0) is 29.8. The van der Waals surface area contributed by atoms with Gasteiger partial charge in [0.05, 0.1) is 29.3 Å². The van der Waals surface area contributed by atoms with Crippen molar-refractivity contribution in [3.8, 4) is 0 Å². The summed E-state index contributed by atoms with van der Waals surface area (Å²) in [5.41, 5.74) is 0.491. The van der Waals surface area contributed by atoms with Crippen LogP contribution in [-0.2, 0) is 18.9 Å². The van der Waals surface area contributed by atoms with Gasteiger partial charge in [-0.2, -0.15) is 0 Å². The Bertz CT molecular complexity index is 1810. The van der Waals surface area contributed by atoms with Crippen molar-refractivity contribution < 1.29 is 33.3 Å². The van der Waals surface area contributed by atoms with Gasteiger partial charge in [0, 0.05) is 0 Å². The zero-order valence-electron chi connectivity index (χ0n) is 22.4. The van der Waals surface area contributed by atoms with Crippen molar-refractivity contribution in [1.29, 1.82) is 0 Å². The van der Waals surface area contributed by atoms with Crippen molar-refractivity contribution in [2.75, 3.05) is 6.61 Å². The first-order valence-electron chi connectivity index (χ1n) is 13.3. The van der Waals surface area contributed by atoms with Gasteiger partial charge < -0.3 is 23.9 Å². The van der Waals surface area contributed by atoms with Gasteiger partial charge in [0.25, 0.3) is 5.56 Å². The number of hydrogen-bond acceptors (Lipinski definition) is 10. The molecule has 0 amide bonds. The Morgan fingerprint density at radius 3 is 1.86 bits per heavy atom. The summed E-state index contributed by atoms with van der Waals surface area (Å²) in [5.74, 6) is -2.04. The molecule has 216 valence electrons. The quantitative estimate of drug-likeness (QED) is 0.214. The third-order valence-electron chi connectivity index (χ3n) is 6.82. The molecule has 3 aromatic carbocycles. The first-order valence-corrected chi connectivity index (χ1v) is 13.3. The van der Waals surface area contributed by atoms with Crippen LogP contribution in [0.3, 0.4) is 0 Å². The highest BCUT2D eigenvalue weighted by molar-refractivity contribution is 5.91. The minimum absolute atomic E-state index is 0.0241. The van der Waals surface area contributed by atoms with Crippen LogP contribution in [0, 0.1) is 0 Å². The molecule has 0 unspecified atom stereocenters. The van der Waals surface area contributed by atoms with Crippen molar-refractivity contribution in [2.45, 2.75) is 24.5 Å². The summed E-state index contributed by atoms with van der Waals surface area (Å²) < 4.78 is 25.1. The molecular formula is C31H24N4O8. The summed E-state index contributed by atoms with van der Waals surface area (Å²) in [6, 6.07) is 24.9. The predicted molar refractivity (Wildman–Crippen MR) is 150 cm³/mol. The largest absolute Gasteiger partial charge is 0.459 e. The highest BCUT2D eigenvalue weighted by atomic mass is 16.7. The average molecular weight is 581 g/mol. The molecule has 0 saturated carbocycles. The Balaban J connectivity index is 1.37. The van der Waals surface area contributed by atoms with Crippen LogP contribution in [-0.4, -0.2) is 62.3 Å². The van der Waals surface area contributed by atoms with E-state index in [0.29, 0.717) is 5.56 Å². The number of nitrogens with one attached hydrogen (secondary N) is 1. The van der Waals surface area contributed by atoms with E-state index in [1.807, 2.05) is 0 Å². The van der Waals surface area contributed by atoms with E-state index >= 15 is 0 Å². The lowest BCUT2D eigenvalue weighted by Gasteiger charge is -2.25. The number of rotatable bonds is 8. The SMILES string of the molecule is O=C(OC[C@@H]1O[C@@H](n2cnc3c(=O)[nH]cnc32)[C@@H](OC(=O)c2ccccc2)[C@@H]1OC(=O)c1ccccc1)c1ccccc1. The van der Waals surface area contributed by atoms with Crippen molar-refractivity contribution in [1.82, 2.24) is 19.5 Å². The number of ether oxygens (including phenoxy) is 4. The second-order valence-electron chi connectivity index (χ2n) is 9.56. The van der Waals surface area contributed by atoms with Gasteiger partial charge in [-0.25, -0.2) is 24.4 Å². The highest BCUT2D eigenvalue weighted by Crippen LogP contribution is 2.36. The third kappa shape index (κ3) is 5.76. The van der Waals surface area contributed by atoms with Crippen LogP contribution in [0.15, 0.2) is 108 Å². The van der Waals surface area contributed by atoms with E-state index in [9.17, 15) is 19.2 Å². The topological polar surface area (TPSA) is 152 Å². The van der Waals surface area contributed by atoms with Crippen LogP contribution in [0.4, 0.5) is 0 Å². The van der Waals surface area contributed by atoms with E-state index in [2.05, 4.69) is 15.0 Å². The zero-order valence-corrected chi connectivity index (χ0v) is 22.4.